The van der Waals surface area contributed by atoms with E-state index in [0.29, 0.717) is 4.75 Å². The number of hydrogen-bond donors (Lipinski definition) is 0. The Morgan fingerprint density at radius 2 is 1.30 bits per heavy atom. The largest absolute Gasteiger partial charge is 0.160 e. The first kappa shape index (κ1) is 14.1. The Hall–Kier alpha value is -0.860. The minimum atomic E-state index is 0.367. The highest BCUT2D eigenvalue weighted by Gasteiger charge is 2.33. The Labute approximate surface area is 130 Å². The second-order valence-electron chi connectivity index (χ2n) is 5.41. The van der Waals surface area contributed by atoms with E-state index < -0.39 is 0 Å². The van der Waals surface area contributed by atoms with Crippen LogP contribution in [0.4, 0.5) is 0 Å². The van der Waals surface area contributed by atoms with E-state index in [2.05, 4.69) is 84.2 Å². The van der Waals surface area contributed by atoms with E-state index in [4.69, 9.17) is 0 Å². The molecular weight excluding hydrogens is 280 g/mol. The monoisotopic (exact) mass is 300 g/mol. The third-order valence-electron chi connectivity index (χ3n) is 3.74. The molecule has 0 bridgehead atoms. The zero-order chi connectivity index (χ0) is 13.7. The topological polar surface area (TPSA) is 0 Å². The predicted molar refractivity (Wildman–Crippen MR) is 92.8 cm³/mol. The van der Waals surface area contributed by atoms with Crippen LogP contribution in [0.2, 0.25) is 0 Å². The lowest BCUT2D eigenvalue weighted by Crippen LogP contribution is -2.37. The van der Waals surface area contributed by atoms with Gasteiger partial charge >= 0.3 is 0 Å². The lowest BCUT2D eigenvalue weighted by Gasteiger charge is -2.37. The molecule has 1 saturated heterocycles. The van der Waals surface area contributed by atoms with Gasteiger partial charge < -0.3 is 0 Å². The maximum atomic E-state index is 2.27. The molecule has 1 aliphatic rings. The predicted octanol–water partition coefficient (Wildman–Crippen LogP) is 4.69. The summed E-state index contributed by atoms with van der Waals surface area (Å²) in [7, 11) is 0. The molecule has 1 aliphatic heterocycles. The van der Waals surface area contributed by atoms with Gasteiger partial charge in [0.1, 0.15) is 0 Å². The molecular formula is C18H20S2. The molecule has 2 aromatic carbocycles. The van der Waals surface area contributed by atoms with Gasteiger partial charge in [0.05, 0.1) is 0 Å². The Kier molecular flexibility index (Phi) is 4.74. The standard InChI is InChI=1S/C18H20S2/c1-3-7-16(8-4-1)13-18(15-19-11-12-20-18)14-17-9-5-2-6-10-17/h1-10H,11-15H2. The molecule has 0 radical (unpaired) electrons. The molecule has 0 atom stereocenters. The number of rotatable bonds is 4. The van der Waals surface area contributed by atoms with Gasteiger partial charge in [-0.25, -0.2) is 0 Å². The summed E-state index contributed by atoms with van der Waals surface area (Å²) >= 11 is 4.30. The molecule has 2 heteroatoms. The molecule has 0 saturated carbocycles. The summed E-state index contributed by atoms with van der Waals surface area (Å²) in [6, 6.07) is 21.9. The fourth-order valence-electron chi connectivity index (χ4n) is 2.82. The zero-order valence-corrected chi connectivity index (χ0v) is 13.3. The summed E-state index contributed by atoms with van der Waals surface area (Å²) in [5, 5.41) is 0. The zero-order valence-electron chi connectivity index (χ0n) is 11.6. The third kappa shape index (κ3) is 3.62. The summed E-state index contributed by atoms with van der Waals surface area (Å²) in [5.74, 6) is 3.85. The van der Waals surface area contributed by atoms with E-state index in [0.717, 1.165) is 0 Å². The van der Waals surface area contributed by atoms with Crippen LogP contribution in [0.5, 0.6) is 0 Å². The Balaban J connectivity index is 1.81. The van der Waals surface area contributed by atoms with E-state index in [1.54, 1.807) is 0 Å². The van der Waals surface area contributed by atoms with Gasteiger partial charge in [-0.2, -0.15) is 23.5 Å². The molecule has 0 aromatic heterocycles. The van der Waals surface area contributed by atoms with Gasteiger partial charge in [-0.3, -0.25) is 0 Å². The van der Waals surface area contributed by atoms with Crippen LogP contribution in [0.15, 0.2) is 60.7 Å². The highest BCUT2D eigenvalue weighted by Crippen LogP contribution is 2.40. The van der Waals surface area contributed by atoms with Crippen molar-refractivity contribution < 1.29 is 0 Å². The average Bonchev–Trinajstić information content (AvgIpc) is 2.50. The molecule has 0 spiro atoms. The van der Waals surface area contributed by atoms with Crippen LogP contribution in [0.3, 0.4) is 0 Å². The molecule has 1 fully saturated rings. The maximum absolute atomic E-state index is 2.27. The van der Waals surface area contributed by atoms with Gasteiger partial charge in [0.25, 0.3) is 0 Å². The first-order chi connectivity index (χ1) is 9.86. The smallest absolute Gasteiger partial charge is 0.0331 e. The molecule has 1 heterocycles. The highest BCUT2D eigenvalue weighted by molar-refractivity contribution is 8.07. The lowest BCUT2D eigenvalue weighted by molar-refractivity contribution is 0.642. The first-order valence-electron chi connectivity index (χ1n) is 7.16. The summed E-state index contributed by atoms with van der Waals surface area (Å²) in [6.07, 6.45) is 2.36. The van der Waals surface area contributed by atoms with Crippen molar-refractivity contribution in [1.82, 2.24) is 0 Å². The number of benzene rings is 2. The van der Waals surface area contributed by atoms with Gasteiger partial charge in [-0.15, -0.1) is 0 Å². The van der Waals surface area contributed by atoms with E-state index in [1.807, 2.05) is 0 Å². The molecule has 0 amide bonds. The van der Waals surface area contributed by atoms with Crippen LogP contribution < -0.4 is 0 Å². The van der Waals surface area contributed by atoms with Gasteiger partial charge in [-0.1, -0.05) is 60.7 Å². The minimum absolute atomic E-state index is 0.367. The van der Waals surface area contributed by atoms with Crippen molar-refractivity contribution in [1.29, 1.82) is 0 Å². The fraction of sp³-hybridized carbons (Fsp3) is 0.333. The number of thioether (sulfide) groups is 2. The highest BCUT2D eigenvalue weighted by atomic mass is 32.2. The van der Waals surface area contributed by atoms with Crippen molar-refractivity contribution in [2.24, 2.45) is 0 Å². The summed E-state index contributed by atoms with van der Waals surface area (Å²) in [6.45, 7) is 0. The Morgan fingerprint density at radius 1 is 0.750 bits per heavy atom. The third-order valence-corrected chi connectivity index (χ3v) is 6.88. The van der Waals surface area contributed by atoms with Crippen molar-refractivity contribution in [2.75, 3.05) is 17.3 Å². The van der Waals surface area contributed by atoms with Crippen LogP contribution in [0.25, 0.3) is 0 Å². The Morgan fingerprint density at radius 3 is 1.75 bits per heavy atom. The van der Waals surface area contributed by atoms with Crippen LogP contribution >= 0.6 is 23.5 Å². The molecule has 3 rings (SSSR count). The summed E-state index contributed by atoms with van der Waals surface area (Å²) < 4.78 is 0.367. The SMILES string of the molecule is c1ccc(CC2(Cc3ccccc3)CSCCS2)cc1. The molecule has 0 nitrogen and oxygen atoms in total. The fourth-order valence-corrected chi connectivity index (χ4v) is 5.90. The maximum Gasteiger partial charge on any atom is 0.0331 e. The summed E-state index contributed by atoms with van der Waals surface area (Å²) in [4.78, 5) is 0. The Bertz CT molecular complexity index is 472. The van der Waals surface area contributed by atoms with Crippen molar-refractivity contribution in [3.63, 3.8) is 0 Å². The molecule has 0 N–H and O–H groups in total. The minimum Gasteiger partial charge on any atom is -0.160 e. The second-order valence-corrected chi connectivity index (χ2v) is 8.08. The second kappa shape index (κ2) is 6.73. The van der Waals surface area contributed by atoms with Gasteiger partial charge in [0.15, 0.2) is 0 Å². The van der Waals surface area contributed by atoms with E-state index >= 15 is 0 Å². The number of hydrogen-bond acceptors (Lipinski definition) is 2. The first-order valence-corrected chi connectivity index (χ1v) is 9.30. The molecule has 0 unspecified atom stereocenters. The van der Waals surface area contributed by atoms with E-state index in [9.17, 15) is 0 Å². The van der Waals surface area contributed by atoms with Crippen LogP contribution in [-0.4, -0.2) is 22.0 Å². The van der Waals surface area contributed by atoms with Crippen molar-refractivity contribution in [2.45, 2.75) is 17.6 Å². The van der Waals surface area contributed by atoms with E-state index in [1.165, 1.54) is 41.2 Å². The van der Waals surface area contributed by atoms with Gasteiger partial charge in [0, 0.05) is 22.0 Å². The molecule has 0 aliphatic carbocycles. The summed E-state index contributed by atoms with van der Waals surface area (Å²) in [5.41, 5.74) is 2.94. The molecule has 104 valence electrons. The van der Waals surface area contributed by atoms with Crippen LogP contribution in [-0.2, 0) is 12.8 Å². The quantitative estimate of drug-likeness (QED) is 0.803. The van der Waals surface area contributed by atoms with Crippen LogP contribution in [0.1, 0.15) is 11.1 Å². The van der Waals surface area contributed by atoms with E-state index in [-0.39, 0.29) is 0 Å². The van der Waals surface area contributed by atoms with Crippen molar-refractivity contribution in [3.8, 4) is 0 Å². The lowest BCUT2D eigenvalue weighted by atomic mass is 9.93. The van der Waals surface area contributed by atoms with Crippen molar-refractivity contribution >= 4 is 23.5 Å². The van der Waals surface area contributed by atoms with Gasteiger partial charge in [-0.05, 0) is 24.0 Å². The van der Waals surface area contributed by atoms with Crippen LogP contribution in [0, 0.1) is 0 Å². The van der Waals surface area contributed by atoms with Crippen molar-refractivity contribution in [3.05, 3.63) is 71.8 Å². The molecule has 2 aromatic rings. The molecule has 20 heavy (non-hydrogen) atoms. The normalized spacial score (nSPS) is 17.8. The van der Waals surface area contributed by atoms with Gasteiger partial charge in [0.2, 0.25) is 0 Å². The average molecular weight is 300 g/mol.